The number of ether oxygens (including phenoxy) is 2. The van der Waals surface area contributed by atoms with E-state index in [0.717, 1.165) is 32.2 Å². The molecule has 4 nitrogen and oxygen atoms in total. The fourth-order valence-electron chi connectivity index (χ4n) is 4.45. The molecule has 1 spiro atoms. The second-order valence-electron chi connectivity index (χ2n) is 7.88. The number of carbonyl (C=O) groups is 1. The fourth-order valence-corrected chi connectivity index (χ4v) is 4.45. The van der Waals surface area contributed by atoms with Gasteiger partial charge in [-0.25, -0.2) is 0 Å². The molecule has 1 aliphatic carbocycles. The molecule has 142 valence electrons. The van der Waals surface area contributed by atoms with Gasteiger partial charge in [0.25, 0.3) is 0 Å². The standard InChI is InChI=1S/C23H27NO3/c1-24(16-17-6-4-3-5-7-17)18-10-12-23(13-11-18)15-21(25)20-14-19(26-2)8-9-22(20)27-23/h3-9,14,18H,10-13,15-16H2,1-2H3. The molecular formula is C23H27NO3. The van der Waals surface area contributed by atoms with Crippen LogP contribution in [0.5, 0.6) is 11.5 Å². The van der Waals surface area contributed by atoms with E-state index in [0.29, 0.717) is 29.5 Å². The van der Waals surface area contributed by atoms with Gasteiger partial charge in [0, 0.05) is 12.6 Å². The first-order chi connectivity index (χ1) is 13.1. The Morgan fingerprint density at radius 2 is 1.89 bits per heavy atom. The third kappa shape index (κ3) is 3.72. The van der Waals surface area contributed by atoms with Crippen LogP contribution < -0.4 is 9.47 Å². The zero-order chi connectivity index (χ0) is 18.9. The maximum atomic E-state index is 12.7. The van der Waals surface area contributed by atoms with Crippen LogP contribution in [0.3, 0.4) is 0 Å². The first kappa shape index (κ1) is 18.1. The van der Waals surface area contributed by atoms with E-state index in [1.165, 1.54) is 5.56 Å². The van der Waals surface area contributed by atoms with Gasteiger partial charge < -0.3 is 9.47 Å². The van der Waals surface area contributed by atoms with Crippen LogP contribution in [0, 0.1) is 0 Å². The molecule has 2 aromatic carbocycles. The lowest BCUT2D eigenvalue weighted by Crippen LogP contribution is -2.48. The Hall–Kier alpha value is -2.33. The number of ketones is 1. The summed E-state index contributed by atoms with van der Waals surface area (Å²) < 4.78 is 11.6. The summed E-state index contributed by atoms with van der Waals surface area (Å²) in [6.07, 6.45) is 4.44. The molecule has 0 N–H and O–H groups in total. The van der Waals surface area contributed by atoms with Crippen molar-refractivity contribution in [3.8, 4) is 11.5 Å². The molecular weight excluding hydrogens is 338 g/mol. The molecule has 0 amide bonds. The van der Waals surface area contributed by atoms with Crippen molar-refractivity contribution >= 4 is 5.78 Å². The Morgan fingerprint density at radius 1 is 1.15 bits per heavy atom. The lowest BCUT2D eigenvalue weighted by molar-refractivity contribution is -0.00642. The highest BCUT2D eigenvalue weighted by molar-refractivity contribution is 6.00. The molecule has 1 fully saturated rings. The summed E-state index contributed by atoms with van der Waals surface area (Å²) in [5.74, 6) is 1.59. The van der Waals surface area contributed by atoms with Gasteiger partial charge in [0.1, 0.15) is 17.1 Å². The van der Waals surface area contributed by atoms with Crippen molar-refractivity contribution in [3.05, 3.63) is 59.7 Å². The Kier molecular flexibility index (Phi) is 4.92. The van der Waals surface area contributed by atoms with Crippen molar-refractivity contribution in [2.45, 2.75) is 50.3 Å². The van der Waals surface area contributed by atoms with Gasteiger partial charge in [-0.3, -0.25) is 9.69 Å². The highest BCUT2D eigenvalue weighted by Crippen LogP contribution is 2.43. The lowest BCUT2D eigenvalue weighted by atomic mass is 9.76. The summed E-state index contributed by atoms with van der Waals surface area (Å²) in [6.45, 7) is 0.959. The molecule has 4 heteroatoms. The normalized spacial score (nSPS) is 24.6. The molecule has 0 radical (unpaired) electrons. The van der Waals surface area contributed by atoms with Crippen LogP contribution in [-0.4, -0.2) is 36.5 Å². The van der Waals surface area contributed by atoms with Crippen molar-refractivity contribution < 1.29 is 14.3 Å². The zero-order valence-corrected chi connectivity index (χ0v) is 16.1. The van der Waals surface area contributed by atoms with Crippen molar-refractivity contribution in [3.63, 3.8) is 0 Å². The molecule has 0 atom stereocenters. The van der Waals surface area contributed by atoms with Gasteiger partial charge in [0.15, 0.2) is 5.78 Å². The number of methoxy groups -OCH3 is 1. The van der Waals surface area contributed by atoms with Crippen LogP contribution in [0.2, 0.25) is 0 Å². The maximum absolute atomic E-state index is 12.7. The van der Waals surface area contributed by atoms with Crippen molar-refractivity contribution in [2.24, 2.45) is 0 Å². The molecule has 0 bridgehead atoms. The van der Waals surface area contributed by atoms with Gasteiger partial charge in [0.05, 0.1) is 19.1 Å². The number of hydrogen-bond acceptors (Lipinski definition) is 4. The van der Waals surface area contributed by atoms with E-state index in [-0.39, 0.29) is 11.4 Å². The third-order valence-corrected chi connectivity index (χ3v) is 6.06. The molecule has 1 aliphatic heterocycles. The molecule has 0 aromatic heterocycles. The highest BCUT2D eigenvalue weighted by atomic mass is 16.5. The Morgan fingerprint density at radius 3 is 2.59 bits per heavy atom. The van der Waals surface area contributed by atoms with E-state index in [4.69, 9.17) is 9.47 Å². The molecule has 2 aromatic rings. The van der Waals surface area contributed by atoms with E-state index >= 15 is 0 Å². The topological polar surface area (TPSA) is 38.8 Å². The highest BCUT2D eigenvalue weighted by Gasteiger charge is 2.43. The first-order valence-electron chi connectivity index (χ1n) is 9.73. The lowest BCUT2D eigenvalue weighted by Gasteiger charge is -2.44. The van der Waals surface area contributed by atoms with Crippen LogP contribution in [0.15, 0.2) is 48.5 Å². The van der Waals surface area contributed by atoms with E-state index in [2.05, 4.69) is 42.3 Å². The second kappa shape index (κ2) is 7.35. The van der Waals surface area contributed by atoms with E-state index in [1.807, 2.05) is 12.1 Å². The molecule has 1 saturated carbocycles. The quantitative estimate of drug-likeness (QED) is 0.801. The number of rotatable bonds is 4. The zero-order valence-electron chi connectivity index (χ0n) is 16.1. The molecule has 4 rings (SSSR count). The summed E-state index contributed by atoms with van der Waals surface area (Å²) in [5.41, 5.74) is 1.67. The average molecular weight is 365 g/mol. The van der Waals surface area contributed by atoms with Crippen molar-refractivity contribution in [1.29, 1.82) is 0 Å². The fraction of sp³-hybridized carbons (Fsp3) is 0.435. The van der Waals surface area contributed by atoms with E-state index in [9.17, 15) is 4.79 Å². The molecule has 2 aliphatic rings. The number of Topliss-reactive ketones (excluding diaryl/α,β-unsaturated/α-hetero) is 1. The van der Waals surface area contributed by atoms with Crippen LogP contribution in [0.1, 0.15) is 48.0 Å². The first-order valence-corrected chi connectivity index (χ1v) is 9.73. The van der Waals surface area contributed by atoms with Gasteiger partial charge in [0.2, 0.25) is 0 Å². The van der Waals surface area contributed by atoms with Crippen LogP contribution >= 0.6 is 0 Å². The smallest absolute Gasteiger partial charge is 0.170 e. The minimum Gasteiger partial charge on any atom is -0.497 e. The predicted octanol–water partition coefficient (Wildman–Crippen LogP) is 4.47. The van der Waals surface area contributed by atoms with Crippen LogP contribution in [0.25, 0.3) is 0 Å². The largest absolute Gasteiger partial charge is 0.497 e. The van der Waals surface area contributed by atoms with Crippen LogP contribution in [0.4, 0.5) is 0 Å². The van der Waals surface area contributed by atoms with Crippen LogP contribution in [-0.2, 0) is 6.54 Å². The van der Waals surface area contributed by atoms with Crippen molar-refractivity contribution in [1.82, 2.24) is 4.90 Å². The minimum atomic E-state index is -0.331. The number of hydrogen-bond donors (Lipinski definition) is 0. The molecule has 0 unspecified atom stereocenters. The predicted molar refractivity (Wildman–Crippen MR) is 105 cm³/mol. The van der Waals surface area contributed by atoms with Crippen molar-refractivity contribution in [2.75, 3.05) is 14.2 Å². The third-order valence-electron chi connectivity index (χ3n) is 6.06. The summed E-state index contributed by atoms with van der Waals surface area (Å²) >= 11 is 0. The summed E-state index contributed by atoms with van der Waals surface area (Å²) in [5, 5.41) is 0. The van der Waals surface area contributed by atoms with Gasteiger partial charge in [-0.1, -0.05) is 30.3 Å². The minimum absolute atomic E-state index is 0.172. The van der Waals surface area contributed by atoms with Gasteiger partial charge in [-0.05, 0) is 56.5 Å². The van der Waals surface area contributed by atoms with E-state index in [1.54, 1.807) is 13.2 Å². The second-order valence-corrected chi connectivity index (χ2v) is 7.88. The van der Waals surface area contributed by atoms with Gasteiger partial charge in [-0.15, -0.1) is 0 Å². The number of benzene rings is 2. The van der Waals surface area contributed by atoms with Gasteiger partial charge in [-0.2, -0.15) is 0 Å². The maximum Gasteiger partial charge on any atom is 0.170 e. The Balaban J connectivity index is 1.42. The number of fused-ring (bicyclic) bond motifs is 1. The number of carbonyl (C=O) groups excluding carboxylic acids is 1. The number of nitrogens with zero attached hydrogens (tertiary/aromatic N) is 1. The van der Waals surface area contributed by atoms with E-state index < -0.39 is 0 Å². The van der Waals surface area contributed by atoms with Gasteiger partial charge >= 0.3 is 0 Å². The monoisotopic (exact) mass is 365 g/mol. The Labute approximate surface area is 161 Å². The molecule has 0 saturated heterocycles. The SMILES string of the molecule is COc1ccc2c(c1)C(=O)CC1(CCC(N(C)Cc3ccccc3)CC1)O2. The summed E-state index contributed by atoms with van der Waals surface area (Å²) in [4.78, 5) is 15.2. The average Bonchev–Trinajstić information content (AvgIpc) is 2.69. The molecule has 27 heavy (non-hydrogen) atoms. The summed E-state index contributed by atoms with van der Waals surface area (Å²) in [7, 11) is 3.81. The Bertz CT molecular complexity index is 810. The molecule has 1 heterocycles. The summed E-state index contributed by atoms with van der Waals surface area (Å²) in [6, 6.07) is 16.7.